The molecule has 2 rings (SSSR count). The first-order valence-electron chi connectivity index (χ1n) is 5.83. The van der Waals surface area contributed by atoms with E-state index in [1.165, 1.54) is 6.20 Å². The molecular weight excluding hydrogens is 240 g/mol. The molecular formula is C10H18N4O2S. The summed E-state index contributed by atoms with van der Waals surface area (Å²) in [4.78, 5) is 6.78. The van der Waals surface area contributed by atoms with Gasteiger partial charge in [0.2, 0.25) is 0 Å². The van der Waals surface area contributed by atoms with E-state index >= 15 is 0 Å². The first-order valence-corrected chi connectivity index (χ1v) is 7.31. The minimum absolute atomic E-state index is 0.119. The Balaban J connectivity index is 2.12. The van der Waals surface area contributed by atoms with Crippen molar-refractivity contribution >= 4 is 10.0 Å². The first kappa shape index (κ1) is 12.5. The number of aromatic nitrogens is 2. The monoisotopic (exact) mass is 258 g/mol. The maximum absolute atomic E-state index is 12.0. The van der Waals surface area contributed by atoms with E-state index in [2.05, 4.69) is 14.7 Å². The van der Waals surface area contributed by atoms with Gasteiger partial charge in [0.05, 0.1) is 6.20 Å². The molecule has 17 heavy (non-hydrogen) atoms. The average Bonchev–Trinajstić information content (AvgIpc) is 3.02. The Morgan fingerprint density at radius 2 is 2.35 bits per heavy atom. The molecule has 0 radical (unpaired) electrons. The summed E-state index contributed by atoms with van der Waals surface area (Å²) in [6.07, 6.45) is 4.13. The zero-order valence-electron chi connectivity index (χ0n) is 9.81. The van der Waals surface area contributed by atoms with Crippen LogP contribution in [0.5, 0.6) is 0 Å². The van der Waals surface area contributed by atoms with Gasteiger partial charge in [0.1, 0.15) is 5.82 Å². The Morgan fingerprint density at radius 1 is 1.65 bits per heavy atom. The molecule has 1 aliphatic rings. The van der Waals surface area contributed by atoms with Gasteiger partial charge in [-0.15, -0.1) is 0 Å². The van der Waals surface area contributed by atoms with E-state index in [1.54, 1.807) is 0 Å². The summed E-state index contributed by atoms with van der Waals surface area (Å²) in [5.41, 5.74) is 5.58. The van der Waals surface area contributed by atoms with Crippen molar-refractivity contribution in [3.8, 4) is 0 Å². The van der Waals surface area contributed by atoms with Crippen molar-refractivity contribution in [2.24, 2.45) is 11.7 Å². The predicted octanol–water partition coefficient (Wildman–Crippen LogP) is -0.0123. The van der Waals surface area contributed by atoms with Gasteiger partial charge in [0.25, 0.3) is 10.0 Å². The highest BCUT2D eigenvalue weighted by Crippen LogP contribution is 2.32. The number of nitrogens with two attached hydrogens (primary N) is 1. The van der Waals surface area contributed by atoms with Crippen molar-refractivity contribution in [2.45, 2.75) is 37.3 Å². The number of hydrogen-bond donors (Lipinski definition) is 3. The van der Waals surface area contributed by atoms with Gasteiger partial charge in [-0.1, -0.05) is 6.92 Å². The Hall–Kier alpha value is -0.920. The van der Waals surface area contributed by atoms with Crippen LogP contribution in [-0.4, -0.2) is 31.0 Å². The van der Waals surface area contributed by atoms with Crippen LogP contribution in [0.1, 0.15) is 25.6 Å². The summed E-state index contributed by atoms with van der Waals surface area (Å²) in [5, 5.41) is 0.119. The first-order chi connectivity index (χ1) is 8.06. The normalized spacial score (nSPS) is 18.2. The molecule has 0 amide bonds. The summed E-state index contributed by atoms with van der Waals surface area (Å²) >= 11 is 0. The van der Waals surface area contributed by atoms with Crippen LogP contribution in [-0.2, 0) is 16.4 Å². The molecule has 1 saturated carbocycles. The van der Waals surface area contributed by atoms with Crippen LogP contribution in [0.3, 0.4) is 0 Å². The van der Waals surface area contributed by atoms with Crippen LogP contribution in [0, 0.1) is 5.92 Å². The van der Waals surface area contributed by atoms with Crippen molar-refractivity contribution in [2.75, 3.05) is 6.54 Å². The second-order valence-corrected chi connectivity index (χ2v) is 6.03. The maximum atomic E-state index is 12.0. The van der Waals surface area contributed by atoms with Crippen LogP contribution in [0.2, 0.25) is 0 Å². The largest absolute Gasteiger partial charge is 0.332 e. The van der Waals surface area contributed by atoms with E-state index in [4.69, 9.17) is 5.73 Å². The third-order valence-corrected chi connectivity index (χ3v) is 4.38. The van der Waals surface area contributed by atoms with E-state index in [0.29, 0.717) is 24.7 Å². The smallest absolute Gasteiger partial charge is 0.257 e. The number of aryl methyl sites for hydroxylation is 1. The minimum atomic E-state index is -3.51. The summed E-state index contributed by atoms with van der Waals surface area (Å²) < 4.78 is 26.7. The molecule has 1 aliphatic carbocycles. The minimum Gasteiger partial charge on any atom is -0.332 e. The molecule has 0 spiro atoms. The van der Waals surface area contributed by atoms with Crippen molar-refractivity contribution in [3.05, 3.63) is 12.0 Å². The second-order valence-electron chi connectivity index (χ2n) is 4.35. The number of sulfonamides is 1. The number of H-pyrrole nitrogens is 1. The fraction of sp³-hybridized carbons (Fsp3) is 0.700. The Labute approximate surface area is 101 Å². The molecule has 96 valence electrons. The lowest BCUT2D eigenvalue weighted by Gasteiger charge is -2.14. The van der Waals surface area contributed by atoms with E-state index in [-0.39, 0.29) is 11.1 Å². The van der Waals surface area contributed by atoms with Crippen molar-refractivity contribution in [1.29, 1.82) is 0 Å². The van der Waals surface area contributed by atoms with Gasteiger partial charge in [-0.3, -0.25) is 0 Å². The van der Waals surface area contributed by atoms with Gasteiger partial charge in [0, 0.05) is 19.0 Å². The molecule has 6 nitrogen and oxygen atoms in total. The Kier molecular flexibility index (Phi) is 3.50. The molecule has 7 heteroatoms. The number of rotatable bonds is 6. The molecule has 4 N–H and O–H groups in total. The van der Waals surface area contributed by atoms with E-state index in [0.717, 1.165) is 12.8 Å². The number of aromatic amines is 1. The van der Waals surface area contributed by atoms with E-state index < -0.39 is 10.0 Å². The van der Waals surface area contributed by atoms with Gasteiger partial charge in [-0.2, -0.15) is 0 Å². The lowest BCUT2D eigenvalue weighted by molar-refractivity contribution is 0.517. The van der Waals surface area contributed by atoms with Crippen molar-refractivity contribution in [1.82, 2.24) is 14.7 Å². The number of imidazole rings is 1. The molecule has 0 aromatic carbocycles. The number of nitrogens with one attached hydrogen (secondary N) is 2. The quantitative estimate of drug-likeness (QED) is 0.668. The molecule has 0 saturated heterocycles. The van der Waals surface area contributed by atoms with Gasteiger partial charge in [-0.25, -0.2) is 18.1 Å². The molecule has 0 aliphatic heterocycles. The molecule has 1 atom stereocenters. The second kappa shape index (κ2) is 4.75. The Bertz CT molecular complexity index is 478. The lowest BCUT2D eigenvalue weighted by atomic mass is 10.2. The van der Waals surface area contributed by atoms with Crippen LogP contribution >= 0.6 is 0 Å². The Morgan fingerprint density at radius 3 is 2.82 bits per heavy atom. The maximum Gasteiger partial charge on any atom is 0.257 e. The zero-order valence-corrected chi connectivity index (χ0v) is 10.6. The van der Waals surface area contributed by atoms with Gasteiger partial charge >= 0.3 is 0 Å². The molecule has 1 fully saturated rings. The highest BCUT2D eigenvalue weighted by Gasteiger charge is 2.33. The fourth-order valence-electron chi connectivity index (χ4n) is 1.76. The van der Waals surface area contributed by atoms with Gasteiger partial charge < -0.3 is 10.7 Å². The van der Waals surface area contributed by atoms with Crippen LogP contribution in [0.4, 0.5) is 0 Å². The summed E-state index contributed by atoms with van der Waals surface area (Å²) in [5.74, 6) is 1.06. The summed E-state index contributed by atoms with van der Waals surface area (Å²) in [7, 11) is -3.51. The van der Waals surface area contributed by atoms with Crippen LogP contribution in [0.25, 0.3) is 0 Å². The highest BCUT2D eigenvalue weighted by atomic mass is 32.2. The molecule has 1 aromatic heterocycles. The highest BCUT2D eigenvalue weighted by molar-refractivity contribution is 7.89. The van der Waals surface area contributed by atoms with Crippen LogP contribution < -0.4 is 10.5 Å². The SMILES string of the molecule is CCc1ncc(S(=O)(=O)NC(CN)C2CC2)[nH]1. The molecule has 1 unspecified atom stereocenters. The zero-order chi connectivity index (χ0) is 12.5. The average molecular weight is 258 g/mol. The van der Waals surface area contributed by atoms with E-state index in [9.17, 15) is 8.42 Å². The number of nitrogens with zero attached hydrogens (tertiary/aromatic N) is 1. The fourth-order valence-corrected chi connectivity index (χ4v) is 3.02. The third-order valence-electron chi connectivity index (χ3n) is 2.98. The summed E-state index contributed by atoms with van der Waals surface area (Å²) in [6.45, 7) is 2.24. The molecule has 0 bridgehead atoms. The van der Waals surface area contributed by atoms with Gasteiger partial charge in [-0.05, 0) is 18.8 Å². The van der Waals surface area contributed by atoms with Gasteiger partial charge in [0.15, 0.2) is 5.03 Å². The predicted molar refractivity (Wildman–Crippen MR) is 63.9 cm³/mol. The standard InChI is InChI=1S/C10H18N4O2S/c1-2-9-12-6-10(13-9)17(15,16)14-8(5-11)7-3-4-7/h6-8,14H,2-5,11H2,1H3,(H,12,13). The number of hydrogen-bond acceptors (Lipinski definition) is 4. The molecule has 1 aromatic rings. The van der Waals surface area contributed by atoms with Crippen molar-refractivity contribution in [3.63, 3.8) is 0 Å². The van der Waals surface area contributed by atoms with Crippen LogP contribution in [0.15, 0.2) is 11.2 Å². The van der Waals surface area contributed by atoms with E-state index in [1.807, 2.05) is 6.92 Å². The topological polar surface area (TPSA) is 101 Å². The lowest BCUT2D eigenvalue weighted by Crippen LogP contribution is -2.41. The van der Waals surface area contributed by atoms with Crippen molar-refractivity contribution < 1.29 is 8.42 Å². The third kappa shape index (κ3) is 2.85. The summed E-state index contributed by atoms with van der Waals surface area (Å²) in [6, 6.07) is -0.159. The molecule has 1 heterocycles.